The second-order valence-electron chi connectivity index (χ2n) is 4.61. The molecular formula is C13H21N3. The lowest BCUT2D eigenvalue weighted by Gasteiger charge is -2.37. The fourth-order valence-electron chi connectivity index (χ4n) is 2.18. The molecular weight excluding hydrogens is 198 g/mol. The second kappa shape index (κ2) is 5.41. The molecule has 0 spiro atoms. The summed E-state index contributed by atoms with van der Waals surface area (Å²) in [6.45, 7) is 4.81. The number of aryl methyl sites for hydroxylation is 1. The molecule has 1 aliphatic carbocycles. The van der Waals surface area contributed by atoms with E-state index in [9.17, 15) is 0 Å². The first-order valence-corrected chi connectivity index (χ1v) is 6.16. The lowest BCUT2D eigenvalue weighted by atomic mass is 9.91. The van der Waals surface area contributed by atoms with Crippen molar-refractivity contribution in [2.75, 3.05) is 13.1 Å². The highest BCUT2D eigenvalue weighted by Gasteiger charge is 2.24. The van der Waals surface area contributed by atoms with Crippen LogP contribution >= 0.6 is 0 Å². The number of nitrogens with two attached hydrogens (primary N) is 1. The Morgan fingerprint density at radius 2 is 2.31 bits per heavy atom. The van der Waals surface area contributed by atoms with Crippen molar-refractivity contribution in [3.8, 4) is 0 Å². The van der Waals surface area contributed by atoms with E-state index in [2.05, 4.69) is 22.9 Å². The molecule has 0 saturated heterocycles. The fourth-order valence-corrected chi connectivity index (χ4v) is 2.18. The van der Waals surface area contributed by atoms with Crippen molar-refractivity contribution in [2.24, 2.45) is 5.73 Å². The molecule has 1 saturated carbocycles. The van der Waals surface area contributed by atoms with E-state index in [0.29, 0.717) is 0 Å². The molecule has 16 heavy (non-hydrogen) atoms. The van der Waals surface area contributed by atoms with E-state index in [0.717, 1.165) is 25.7 Å². The van der Waals surface area contributed by atoms with Gasteiger partial charge in [-0.15, -0.1) is 0 Å². The Hall–Kier alpha value is -0.930. The van der Waals surface area contributed by atoms with Crippen LogP contribution in [0.25, 0.3) is 0 Å². The van der Waals surface area contributed by atoms with Gasteiger partial charge in [0.25, 0.3) is 0 Å². The molecule has 0 bridgehead atoms. The molecule has 88 valence electrons. The molecule has 1 aliphatic rings. The monoisotopic (exact) mass is 219 g/mol. The van der Waals surface area contributed by atoms with Gasteiger partial charge in [-0.1, -0.05) is 12.5 Å². The fraction of sp³-hybridized carbons (Fsp3) is 0.615. The van der Waals surface area contributed by atoms with E-state index in [4.69, 9.17) is 5.73 Å². The predicted molar refractivity (Wildman–Crippen MR) is 66.1 cm³/mol. The van der Waals surface area contributed by atoms with Gasteiger partial charge in [0.05, 0.1) is 5.69 Å². The summed E-state index contributed by atoms with van der Waals surface area (Å²) in [6, 6.07) is 4.86. The normalized spacial score (nSPS) is 16.4. The van der Waals surface area contributed by atoms with Gasteiger partial charge in [-0.25, -0.2) is 0 Å². The summed E-state index contributed by atoms with van der Waals surface area (Å²) in [5.74, 6) is 0. The highest BCUT2D eigenvalue weighted by Crippen LogP contribution is 2.25. The van der Waals surface area contributed by atoms with Crippen LogP contribution in [-0.4, -0.2) is 29.0 Å². The van der Waals surface area contributed by atoms with E-state index in [1.165, 1.54) is 30.5 Å². The predicted octanol–water partition coefficient (Wildman–Crippen LogP) is 1.70. The van der Waals surface area contributed by atoms with Crippen LogP contribution in [0, 0.1) is 6.92 Å². The first-order chi connectivity index (χ1) is 7.81. The summed E-state index contributed by atoms with van der Waals surface area (Å²) in [4.78, 5) is 6.94. The van der Waals surface area contributed by atoms with Gasteiger partial charge in [-0.3, -0.25) is 9.88 Å². The van der Waals surface area contributed by atoms with E-state index in [1.54, 1.807) is 0 Å². The lowest BCUT2D eigenvalue weighted by molar-refractivity contribution is 0.121. The van der Waals surface area contributed by atoms with E-state index in [-0.39, 0.29) is 0 Å². The van der Waals surface area contributed by atoms with Crippen LogP contribution in [-0.2, 0) is 6.54 Å². The van der Waals surface area contributed by atoms with E-state index >= 15 is 0 Å². The zero-order valence-corrected chi connectivity index (χ0v) is 10.0. The standard InChI is InChI=1S/C13H21N3/c1-11-4-3-8-15-13(11)10-16(9-7-14)12-5-2-6-12/h3-4,8,12H,2,5-7,9-10,14H2,1H3. The zero-order chi connectivity index (χ0) is 11.4. The third-order valence-corrected chi connectivity index (χ3v) is 3.48. The van der Waals surface area contributed by atoms with Gasteiger partial charge in [0.2, 0.25) is 0 Å². The van der Waals surface area contributed by atoms with Crippen LogP contribution in [0.15, 0.2) is 18.3 Å². The molecule has 2 rings (SSSR count). The molecule has 0 radical (unpaired) electrons. The van der Waals surface area contributed by atoms with Crippen LogP contribution in [0.3, 0.4) is 0 Å². The number of nitrogens with zero attached hydrogens (tertiary/aromatic N) is 2. The molecule has 2 N–H and O–H groups in total. The zero-order valence-electron chi connectivity index (χ0n) is 10.0. The summed E-state index contributed by atoms with van der Waals surface area (Å²) in [5.41, 5.74) is 8.15. The van der Waals surface area contributed by atoms with Crippen molar-refractivity contribution in [1.82, 2.24) is 9.88 Å². The van der Waals surface area contributed by atoms with Crippen molar-refractivity contribution < 1.29 is 0 Å². The van der Waals surface area contributed by atoms with Gasteiger partial charge in [-0.2, -0.15) is 0 Å². The Morgan fingerprint density at radius 1 is 1.50 bits per heavy atom. The minimum Gasteiger partial charge on any atom is -0.329 e. The van der Waals surface area contributed by atoms with Gasteiger partial charge < -0.3 is 5.73 Å². The van der Waals surface area contributed by atoms with Crippen LogP contribution in [0.5, 0.6) is 0 Å². The van der Waals surface area contributed by atoms with Gasteiger partial charge in [0, 0.05) is 31.9 Å². The Kier molecular flexibility index (Phi) is 3.91. The molecule has 1 aromatic heterocycles. The van der Waals surface area contributed by atoms with Crippen LogP contribution in [0.4, 0.5) is 0 Å². The molecule has 0 aliphatic heterocycles. The van der Waals surface area contributed by atoms with Crippen molar-refractivity contribution in [2.45, 2.75) is 38.8 Å². The van der Waals surface area contributed by atoms with Crippen molar-refractivity contribution in [3.05, 3.63) is 29.6 Å². The Bertz CT molecular complexity index is 334. The molecule has 1 aromatic rings. The molecule has 0 unspecified atom stereocenters. The SMILES string of the molecule is Cc1cccnc1CN(CCN)C1CCC1. The van der Waals surface area contributed by atoms with Crippen molar-refractivity contribution in [1.29, 1.82) is 0 Å². The smallest absolute Gasteiger partial charge is 0.0573 e. The number of pyridine rings is 1. The van der Waals surface area contributed by atoms with E-state index in [1.807, 2.05) is 12.3 Å². The number of hydrogen-bond acceptors (Lipinski definition) is 3. The highest BCUT2D eigenvalue weighted by atomic mass is 15.2. The third kappa shape index (κ3) is 2.60. The Morgan fingerprint density at radius 3 is 2.88 bits per heavy atom. The third-order valence-electron chi connectivity index (χ3n) is 3.48. The average molecular weight is 219 g/mol. The minimum absolute atomic E-state index is 0.738. The van der Waals surface area contributed by atoms with Crippen molar-refractivity contribution >= 4 is 0 Å². The quantitative estimate of drug-likeness (QED) is 0.819. The summed E-state index contributed by atoms with van der Waals surface area (Å²) < 4.78 is 0. The Balaban J connectivity index is 2.01. The maximum absolute atomic E-state index is 5.68. The summed E-state index contributed by atoms with van der Waals surface area (Å²) in [5, 5.41) is 0. The van der Waals surface area contributed by atoms with Gasteiger partial charge in [-0.05, 0) is 31.4 Å². The average Bonchev–Trinajstić information content (AvgIpc) is 2.19. The number of aromatic nitrogens is 1. The summed E-state index contributed by atoms with van der Waals surface area (Å²) >= 11 is 0. The van der Waals surface area contributed by atoms with Crippen LogP contribution in [0.1, 0.15) is 30.5 Å². The molecule has 0 amide bonds. The molecule has 0 atom stereocenters. The highest BCUT2D eigenvalue weighted by molar-refractivity contribution is 5.17. The van der Waals surface area contributed by atoms with Crippen molar-refractivity contribution in [3.63, 3.8) is 0 Å². The molecule has 0 aromatic carbocycles. The van der Waals surface area contributed by atoms with Crippen LogP contribution in [0.2, 0.25) is 0 Å². The van der Waals surface area contributed by atoms with Gasteiger partial charge in [0.15, 0.2) is 0 Å². The molecule has 1 heterocycles. The lowest BCUT2D eigenvalue weighted by Crippen LogP contribution is -2.42. The summed E-state index contributed by atoms with van der Waals surface area (Å²) in [7, 11) is 0. The largest absolute Gasteiger partial charge is 0.329 e. The molecule has 3 nitrogen and oxygen atoms in total. The van der Waals surface area contributed by atoms with Gasteiger partial charge in [0.1, 0.15) is 0 Å². The first kappa shape index (κ1) is 11.6. The van der Waals surface area contributed by atoms with Gasteiger partial charge >= 0.3 is 0 Å². The topological polar surface area (TPSA) is 42.2 Å². The number of hydrogen-bond donors (Lipinski definition) is 1. The summed E-state index contributed by atoms with van der Waals surface area (Å²) in [6.07, 6.45) is 5.90. The second-order valence-corrected chi connectivity index (χ2v) is 4.61. The maximum atomic E-state index is 5.68. The Labute approximate surface area is 97.7 Å². The molecule has 3 heteroatoms. The maximum Gasteiger partial charge on any atom is 0.0573 e. The van der Waals surface area contributed by atoms with E-state index < -0.39 is 0 Å². The minimum atomic E-state index is 0.738. The molecule has 1 fully saturated rings. The first-order valence-electron chi connectivity index (χ1n) is 6.16. The number of rotatable bonds is 5. The van der Waals surface area contributed by atoms with Crippen LogP contribution < -0.4 is 5.73 Å².